The summed E-state index contributed by atoms with van der Waals surface area (Å²) in [6.45, 7) is 3.88. The zero-order chi connectivity index (χ0) is 21.1. The van der Waals surface area contributed by atoms with Gasteiger partial charge in [-0.25, -0.2) is 14.8 Å². The molecule has 6 heteroatoms. The van der Waals surface area contributed by atoms with Crippen molar-refractivity contribution in [2.75, 3.05) is 5.73 Å². The Morgan fingerprint density at radius 3 is 2.57 bits per heavy atom. The Morgan fingerprint density at radius 2 is 1.83 bits per heavy atom. The molecule has 0 fully saturated rings. The topological polar surface area (TPSA) is 78.1 Å². The molecule has 0 aliphatic carbocycles. The molecule has 2 heterocycles. The molecule has 2 N–H and O–H groups in total. The maximum atomic E-state index is 12.5. The van der Waals surface area contributed by atoms with Crippen molar-refractivity contribution in [2.24, 2.45) is 0 Å². The first-order valence-electron chi connectivity index (χ1n) is 9.57. The predicted molar refractivity (Wildman–Crippen MR) is 120 cm³/mol. The standard InChI is InChI=1S/C24H21N3O2S/c1-15-7-6-10-18(13-15)21-22(19-11-12-26-20(25)14-19)30-23(27-21)16(2)29-24(28)17-8-4-3-5-9-17/h3-14,16H,1-2H3,(H2,25,26). The van der Waals surface area contributed by atoms with Gasteiger partial charge in [-0.1, -0.05) is 42.0 Å². The first kappa shape index (κ1) is 19.8. The van der Waals surface area contributed by atoms with Crippen molar-refractivity contribution in [3.63, 3.8) is 0 Å². The van der Waals surface area contributed by atoms with Crippen LogP contribution in [0.1, 0.15) is 34.0 Å². The van der Waals surface area contributed by atoms with Crippen molar-refractivity contribution in [1.29, 1.82) is 0 Å². The number of rotatable bonds is 5. The van der Waals surface area contributed by atoms with Gasteiger partial charge in [0.1, 0.15) is 10.8 Å². The lowest BCUT2D eigenvalue weighted by atomic mass is 10.1. The third kappa shape index (κ3) is 4.23. The summed E-state index contributed by atoms with van der Waals surface area (Å²) in [5, 5.41) is 0.723. The second-order valence-corrected chi connectivity index (χ2v) is 8.01. The molecule has 0 amide bonds. The number of carbonyl (C=O) groups excluding carboxylic acids is 1. The van der Waals surface area contributed by atoms with Crippen molar-refractivity contribution in [3.8, 4) is 21.7 Å². The predicted octanol–water partition coefficient (Wildman–Crippen LogP) is 5.68. The number of nitrogens with zero attached hydrogens (tertiary/aromatic N) is 2. The van der Waals surface area contributed by atoms with Gasteiger partial charge >= 0.3 is 5.97 Å². The number of ether oxygens (including phenoxy) is 1. The van der Waals surface area contributed by atoms with E-state index in [1.54, 1.807) is 18.3 Å². The molecule has 0 saturated carbocycles. The second-order valence-electron chi connectivity index (χ2n) is 6.98. The van der Waals surface area contributed by atoms with Crippen LogP contribution >= 0.6 is 11.3 Å². The van der Waals surface area contributed by atoms with Crippen molar-refractivity contribution >= 4 is 23.1 Å². The van der Waals surface area contributed by atoms with Crippen LogP contribution in [0.15, 0.2) is 72.9 Å². The normalized spacial score (nSPS) is 11.8. The fourth-order valence-corrected chi connectivity index (χ4v) is 4.20. The van der Waals surface area contributed by atoms with E-state index in [2.05, 4.69) is 11.1 Å². The Hall–Kier alpha value is -3.51. The molecule has 4 aromatic rings. The molecule has 150 valence electrons. The lowest BCUT2D eigenvalue weighted by molar-refractivity contribution is 0.0337. The van der Waals surface area contributed by atoms with Crippen LogP contribution in [0, 0.1) is 6.92 Å². The number of anilines is 1. The highest BCUT2D eigenvalue weighted by molar-refractivity contribution is 7.15. The van der Waals surface area contributed by atoms with E-state index >= 15 is 0 Å². The number of thiazole rings is 1. The third-order valence-electron chi connectivity index (χ3n) is 4.62. The summed E-state index contributed by atoms with van der Waals surface area (Å²) in [4.78, 5) is 22.4. The number of esters is 1. The van der Waals surface area contributed by atoms with Gasteiger partial charge in [0, 0.05) is 11.8 Å². The fraction of sp³-hybridized carbons (Fsp3) is 0.125. The zero-order valence-electron chi connectivity index (χ0n) is 16.7. The van der Waals surface area contributed by atoms with Crippen molar-refractivity contribution in [1.82, 2.24) is 9.97 Å². The smallest absolute Gasteiger partial charge is 0.338 e. The number of nitrogens with two attached hydrogens (primary N) is 1. The monoisotopic (exact) mass is 415 g/mol. The van der Waals surface area contributed by atoms with Gasteiger partial charge in [-0.15, -0.1) is 11.3 Å². The lowest BCUT2D eigenvalue weighted by Gasteiger charge is -2.10. The molecule has 0 bridgehead atoms. The molecule has 0 aliphatic rings. The summed E-state index contributed by atoms with van der Waals surface area (Å²) in [5.74, 6) is 0.0753. The minimum absolute atomic E-state index is 0.370. The van der Waals surface area contributed by atoms with Crippen LogP contribution in [0.3, 0.4) is 0 Å². The Bertz CT molecular complexity index is 1130. The maximum absolute atomic E-state index is 12.5. The van der Waals surface area contributed by atoms with E-state index < -0.39 is 6.10 Å². The van der Waals surface area contributed by atoms with E-state index in [4.69, 9.17) is 15.5 Å². The van der Waals surface area contributed by atoms with Gasteiger partial charge in [0.15, 0.2) is 6.10 Å². The lowest BCUT2D eigenvalue weighted by Crippen LogP contribution is -2.08. The Kier molecular flexibility index (Phi) is 5.59. The molecular formula is C24H21N3O2S. The van der Waals surface area contributed by atoms with Gasteiger partial charge < -0.3 is 10.5 Å². The minimum Gasteiger partial charge on any atom is -0.452 e. The zero-order valence-corrected chi connectivity index (χ0v) is 17.5. The first-order valence-corrected chi connectivity index (χ1v) is 10.4. The first-order chi connectivity index (χ1) is 14.5. The van der Waals surface area contributed by atoms with Gasteiger partial charge in [-0.2, -0.15) is 0 Å². The molecule has 0 spiro atoms. The number of aryl methyl sites for hydroxylation is 1. The summed E-state index contributed by atoms with van der Waals surface area (Å²) < 4.78 is 5.68. The van der Waals surface area contributed by atoms with Gasteiger partial charge in [0.2, 0.25) is 0 Å². The van der Waals surface area contributed by atoms with E-state index in [0.29, 0.717) is 11.4 Å². The molecule has 0 radical (unpaired) electrons. The third-order valence-corrected chi connectivity index (χ3v) is 5.89. The molecule has 2 aromatic carbocycles. The summed E-state index contributed by atoms with van der Waals surface area (Å²) in [6, 6.07) is 20.9. The highest BCUT2D eigenvalue weighted by Crippen LogP contribution is 2.40. The molecule has 30 heavy (non-hydrogen) atoms. The van der Waals surface area contributed by atoms with Gasteiger partial charge in [0.05, 0.1) is 16.1 Å². The van der Waals surface area contributed by atoms with E-state index in [1.165, 1.54) is 11.3 Å². The largest absolute Gasteiger partial charge is 0.452 e. The molecule has 1 atom stereocenters. The van der Waals surface area contributed by atoms with Crippen LogP contribution in [0.4, 0.5) is 5.82 Å². The SMILES string of the molecule is Cc1cccc(-c2nc(C(C)OC(=O)c3ccccc3)sc2-c2ccnc(N)c2)c1. The average Bonchev–Trinajstić information content (AvgIpc) is 3.20. The van der Waals surface area contributed by atoms with Crippen LogP contribution in [-0.2, 0) is 4.74 Å². The molecule has 0 saturated heterocycles. The number of benzene rings is 2. The maximum Gasteiger partial charge on any atom is 0.338 e. The molecule has 4 rings (SSSR count). The Morgan fingerprint density at radius 1 is 1.03 bits per heavy atom. The fourth-order valence-electron chi connectivity index (χ4n) is 3.14. The Labute approximate surface area is 179 Å². The molecule has 5 nitrogen and oxygen atoms in total. The number of hydrogen-bond acceptors (Lipinski definition) is 6. The van der Waals surface area contributed by atoms with Crippen LogP contribution in [-0.4, -0.2) is 15.9 Å². The Balaban J connectivity index is 1.72. The summed E-state index contributed by atoms with van der Waals surface area (Å²) >= 11 is 1.50. The van der Waals surface area contributed by atoms with Gasteiger partial charge in [0.25, 0.3) is 0 Å². The van der Waals surface area contributed by atoms with Crippen LogP contribution in [0.5, 0.6) is 0 Å². The van der Waals surface area contributed by atoms with E-state index in [1.807, 2.05) is 62.4 Å². The van der Waals surface area contributed by atoms with E-state index in [0.717, 1.165) is 32.3 Å². The van der Waals surface area contributed by atoms with Gasteiger partial charge in [-0.05, 0) is 49.7 Å². The van der Waals surface area contributed by atoms with Crippen molar-refractivity contribution < 1.29 is 9.53 Å². The highest BCUT2D eigenvalue weighted by Gasteiger charge is 2.22. The molecule has 2 aromatic heterocycles. The van der Waals surface area contributed by atoms with Crippen LogP contribution in [0.25, 0.3) is 21.7 Å². The summed E-state index contributed by atoms with van der Waals surface area (Å²) in [5.41, 5.74) is 10.3. The molecular weight excluding hydrogens is 394 g/mol. The quantitative estimate of drug-likeness (QED) is 0.424. The highest BCUT2D eigenvalue weighted by atomic mass is 32.1. The number of aromatic nitrogens is 2. The second kappa shape index (κ2) is 8.47. The summed E-state index contributed by atoms with van der Waals surface area (Å²) in [6.07, 6.45) is 1.20. The van der Waals surface area contributed by atoms with Crippen LogP contribution in [0.2, 0.25) is 0 Å². The van der Waals surface area contributed by atoms with E-state index in [-0.39, 0.29) is 5.97 Å². The van der Waals surface area contributed by atoms with Crippen molar-refractivity contribution in [2.45, 2.75) is 20.0 Å². The number of hydrogen-bond donors (Lipinski definition) is 1. The summed E-state index contributed by atoms with van der Waals surface area (Å²) in [7, 11) is 0. The van der Waals surface area contributed by atoms with Crippen LogP contribution < -0.4 is 5.73 Å². The number of nitrogen functional groups attached to an aromatic ring is 1. The van der Waals surface area contributed by atoms with Gasteiger partial charge in [-0.3, -0.25) is 0 Å². The minimum atomic E-state index is -0.487. The molecule has 1 unspecified atom stereocenters. The number of pyridine rings is 1. The molecule has 0 aliphatic heterocycles. The van der Waals surface area contributed by atoms with E-state index in [9.17, 15) is 4.79 Å². The average molecular weight is 416 g/mol. The number of carbonyl (C=O) groups is 1. The van der Waals surface area contributed by atoms with Crippen molar-refractivity contribution in [3.05, 3.63) is 89.1 Å².